The smallest absolute Gasteiger partial charge is 0.371 e. The Kier molecular flexibility index (Phi) is 7.52. The lowest BCUT2D eigenvalue weighted by atomic mass is 9.98. The molecule has 0 aromatic heterocycles. The molecule has 6 nitrogen and oxygen atoms in total. The summed E-state index contributed by atoms with van der Waals surface area (Å²) in [5.74, 6) is 0.535. The Morgan fingerprint density at radius 2 is 1.54 bits per heavy atom. The molecule has 0 atom stereocenters. The molecule has 2 aromatic carbocycles. The van der Waals surface area contributed by atoms with E-state index in [1.165, 1.54) is 18.6 Å². The molecule has 2 aliphatic heterocycles. The summed E-state index contributed by atoms with van der Waals surface area (Å²) in [5.41, 5.74) is 0.991. The van der Waals surface area contributed by atoms with Gasteiger partial charge in [0.15, 0.2) is 0 Å². The van der Waals surface area contributed by atoms with E-state index in [1.54, 1.807) is 12.1 Å². The van der Waals surface area contributed by atoms with E-state index in [2.05, 4.69) is 22.5 Å². The predicted molar refractivity (Wildman–Crippen MR) is 131 cm³/mol. The van der Waals surface area contributed by atoms with Gasteiger partial charge in [0.2, 0.25) is 0 Å². The van der Waals surface area contributed by atoms with Gasteiger partial charge in [0.25, 0.3) is 5.91 Å². The van der Waals surface area contributed by atoms with Crippen LogP contribution in [0.5, 0.6) is 0 Å². The maximum atomic E-state index is 13.5. The highest BCUT2D eigenvalue weighted by atomic mass is 19.4. The van der Waals surface area contributed by atoms with E-state index < -0.39 is 17.8 Å². The first-order valence-electron chi connectivity index (χ1n) is 12.1. The number of carbonyl (C=O) groups excluding carboxylic acids is 2. The number of likely N-dealkylation sites (tertiary alicyclic amines) is 1. The molecule has 3 amide bonds. The minimum Gasteiger partial charge on any atom is -0.371 e. The number of hydrogen-bond acceptors (Lipinski definition) is 3. The average Bonchev–Trinajstić information content (AvgIpc) is 2.84. The molecular weight excluding hydrogens is 457 g/mol. The normalized spacial score (nSPS) is 17.3. The maximum Gasteiger partial charge on any atom is 0.416 e. The monoisotopic (exact) mass is 488 g/mol. The zero-order valence-corrected chi connectivity index (χ0v) is 19.8. The molecule has 0 radical (unpaired) electrons. The Balaban J connectivity index is 1.53. The number of piperidine rings is 2. The van der Waals surface area contributed by atoms with Crippen LogP contribution in [0.1, 0.15) is 54.9 Å². The van der Waals surface area contributed by atoms with Gasteiger partial charge in [-0.15, -0.1) is 0 Å². The zero-order chi connectivity index (χ0) is 25.0. The molecule has 0 aliphatic carbocycles. The molecule has 2 N–H and O–H groups in total. The fourth-order valence-electron chi connectivity index (χ4n) is 4.64. The van der Waals surface area contributed by atoms with Crippen molar-refractivity contribution < 1.29 is 22.8 Å². The van der Waals surface area contributed by atoms with Crippen LogP contribution in [0.3, 0.4) is 0 Å². The Hall–Kier alpha value is -3.23. The average molecular weight is 489 g/mol. The third-order valence-corrected chi connectivity index (χ3v) is 6.70. The van der Waals surface area contributed by atoms with Crippen molar-refractivity contribution in [2.45, 2.75) is 45.2 Å². The Bertz CT molecular complexity index is 1060. The second kappa shape index (κ2) is 10.6. The summed E-state index contributed by atoms with van der Waals surface area (Å²) in [6.07, 6.45) is 0.714. The van der Waals surface area contributed by atoms with Gasteiger partial charge >= 0.3 is 12.2 Å². The van der Waals surface area contributed by atoms with Gasteiger partial charge in [-0.25, -0.2) is 4.79 Å². The van der Waals surface area contributed by atoms with E-state index in [-0.39, 0.29) is 11.6 Å². The summed E-state index contributed by atoms with van der Waals surface area (Å²) < 4.78 is 38.9. The van der Waals surface area contributed by atoms with Crippen molar-refractivity contribution in [3.05, 3.63) is 53.6 Å². The molecule has 2 saturated heterocycles. The third-order valence-electron chi connectivity index (χ3n) is 6.70. The lowest BCUT2D eigenvalue weighted by Gasteiger charge is -2.34. The van der Waals surface area contributed by atoms with Gasteiger partial charge in [-0.1, -0.05) is 13.0 Å². The number of anilines is 3. The van der Waals surface area contributed by atoms with Gasteiger partial charge in [-0.2, -0.15) is 13.2 Å². The van der Waals surface area contributed by atoms with E-state index >= 15 is 0 Å². The van der Waals surface area contributed by atoms with E-state index in [0.717, 1.165) is 56.6 Å². The van der Waals surface area contributed by atoms with Crippen LogP contribution in [0, 0.1) is 5.92 Å². The summed E-state index contributed by atoms with van der Waals surface area (Å²) in [6, 6.07) is 9.03. The van der Waals surface area contributed by atoms with Crippen LogP contribution in [0.15, 0.2) is 42.5 Å². The second-order valence-corrected chi connectivity index (χ2v) is 9.41. The molecule has 4 rings (SSSR count). The molecule has 2 fully saturated rings. The van der Waals surface area contributed by atoms with Crippen LogP contribution in [-0.4, -0.2) is 43.0 Å². The minimum absolute atomic E-state index is 0.0287. The Labute approximate surface area is 203 Å². The maximum absolute atomic E-state index is 13.5. The van der Waals surface area contributed by atoms with Gasteiger partial charge in [0.1, 0.15) is 0 Å². The fourth-order valence-corrected chi connectivity index (χ4v) is 4.64. The number of nitrogens with zero attached hydrogens (tertiary/aromatic N) is 2. The van der Waals surface area contributed by atoms with Crippen LogP contribution in [0.4, 0.5) is 35.0 Å². The number of urea groups is 1. The van der Waals surface area contributed by atoms with Crippen molar-refractivity contribution in [1.29, 1.82) is 0 Å². The van der Waals surface area contributed by atoms with Crippen LogP contribution >= 0.6 is 0 Å². The largest absolute Gasteiger partial charge is 0.416 e. The lowest BCUT2D eigenvalue weighted by Crippen LogP contribution is -2.39. The van der Waals surface area contributed by atoms with Crippen molar-refractivity contribution >= 4 is 29.0 Å². The fraction of sp³-hybridized carbons (Fsp3) is 0.462. The topological polar surface area (TPSA) is 64.7 Å². The van der Waals surface area contributed by atoms with Crippen molar-refractivity contribution in [1.82, 2.24) is 4.90 Å². The highest BCUT2D eigenvalue weighted by Gasteiger charge is 2.30. The first-order chi connectivity index (χ1) is 16.7. The molecule has 0 saturated carbocycles. The van der Waals surface area contributed by atoms with Gasteiger partial charge in [-0.05, 0) is 74.4 Å². The number of amides is 3. The Morgan fingerprint density at radius 3 is 2.20 bits per heavy atom. The van der Waals surface area contributed by atoms with Crippen molar-refractivity contribution in [2.75, 3.05) is 41.7 Å². The molecule has 0 bridgehead atoms. The van der Waals surface area contributed by atoms with E-state index in [0.29, 0.717) is 30.3 Å². The predicted octanol–water partition coefficient (Wildman–Crippen LogP) is 6.21. The first-order valence-corrected chi connectivity index (χ1v) is 12.1. The number of halogens is 3. The number of carbonyl (C=O) groups is 2. The number of alkyl halides is 3. The molecule has 9 heteroatoms. The third kappa shape index (κ3) is 6.26. The summed E-state index contributed by atoms with van der Waals surface area (Å²) in [6.45, 7) is 5.34. The van der Waals surface area contributed by atoms with Gasteiger partial charge in [-0.3, -0.25) is 4.79 Å². The molecule has 0 spiro atoms. The molecule has 0 unspecified atom stereocenters. The van der Waals surface area contributed by atoms with Gasteiger partial charge in [0, 0.05) is 43.2 Å². The highest BCUT2D eigenvalue weighted by Crippen LogP contribution is 2.32. The summed E-state index contributed by atoms with van der Waals surface area (Å²) >= 11 is 0. The Morgan fingerprint density at radius 1 is 0.886 bits per heavy atom. The van der Waals surface area contributed by atoms with Crippen LogP contribution in [0.2, 0.25) is 0 Å². The van der Waals surface area contributed by atoms with Crippen molar-refractivity contribution in [2.24, 2.45) is 5.92 Å². The van der Waals surface area contributed by atoms with E-state index in [9.17, 15) is 22.8 Å². The number of rotatable bonds is 4. The van der Waals surface area contributed by atoms with Gasteiger partial charge < -0.3 is 20.4 Å². The molecule has 2 heterocycles. The molecule has 2 aromatic rings. The molecular formula is C26H31F3N4O2. The second-order valence-electron chi connectivity index (χ2n) is 9.41. The zero-order valence-electron chi connectivity index (χ0n) is 19.8. The standard InChI is InChI=1S/C26H31F3N4O2/c1-18-10-14-33(15-11-18)24(34)22-17-21(8-9-23(22)32-12-3-2-4-13-32)31-25(35)30-20-7-5-6-19(16-20)26(27,28)29/h5-9,16-18H,2-4,10-15H2,1H3,(H2,30,31,35). The lowest BCUT2D eigenvalue weighted by molar-refractivity contribution is -0.137. The number of nitrogens with one attached hydrogen (secondary N) is 2. The van der Waals surface area contributed by atoms with E-state index in [4.69, 9.17) is 0 Å². The highest BCUT2D eigenvalue weighted by molar-refractivity contribution is 6.04. The molecule has 188 valence electrons. The van der Waals surface area contributed by atoms with Crippen molar-refractivity contribution in [3.8, 4) is 0 Å². The van der Waals surface area contributed by atoms with Crippen molar-refractivity contribution in [3.63, 3.8) is 0 Å². The number of benzene rings is 2. The van der Waals surface area contributed by atoms with Crippen LogP contribution in [0.25, 0.3) is 0 Å². The quantitative estimate of drug-likeness (QED) is 0.538. The number of hydrogen-bond donors (Lipinski definition) is 2. The minimum atomic E-state index is -4.50. The first kappa shape index (κ1) is 24.9. The van der Waals surface area contributed by atoms with E-state index in [1.807, 2.05) is 11.0 Å². The van der Waals surface area contributed by atoms with Crippen LogP contribution < -0.4 is 15.5 Å². The van der Waals surface area contributed by atoms with Crippen LogP contribution in [-0.2, 0) is 6.18 Å². The summed E-state index contributed by atoms with van der Waals surface area (Å²) in [4.78, 5) is 30.1. The SMILES string of the molecule is CC1CCN(C(=O)c2cc(NC(=O)Nc3cccc(C(F)(F)F)c3)ccc2N2CCCCC2)CC1. The van der Waals surface area contributed by atoms with Gasteiger partial charge in [0.05, 0.1) is 11.1 Å². The summed E-state index contributed by atoms with van der Waals surface area (Å²) in [7, 11) is 0. The summed E-state index contributed by atoms with van der Waals surface area (Å²) in [5, 5.41) is 5.11. The molecule has 2 aliphatic rings. The molecule has 35 heavy (non-hydrogen) atoms.